The van der Waals surface area contributed by atoms with E-state index in [4.69, 9.17) is 4.74 Å². The lowest BCUT2D eigenvalue weighted by Gasteiger charge is -2.35. The summed E-state index contributed by atoms with van der Waals surface area (Å²) in [7, 11) is 0. The molecule has 3 atom stereocenters. The first-order valence-corrected chi connectivity index (χ1v) is 9.96. The highest BCUT2D eigenvalue weighted by Gasteiger charge is 2.41. The van der Waals surface area contributed by atoms with E-state index >= 15 is 0 Å². The zero-order valence-electron chi connectivity index (χ0n) is 16.3. The predicted molar refractivity (Wildman–Crippen MR) is 103 cm³/mol. The van der Waals surface area contributed by atoms with Gasteiger partial charge in [-0.05, 0) is 38.3 Å². The number of carboxylic acids is 1. The zero-order valence-corrected chi connectivity index (χ0v) is 16.3. The molecule has 28 heavy (non-hydrogen) atoms. The summed E-state index contributed by atoms with van der Waals surface area (Å²) in [5.74, 6) is -0.886. The molecule has 0 aromatic heterocycles. The fourth-order valence-electron chi connectivity index (χ4n) is 4.15. The monoisotopic (exact) mass is 388 g/mol. The van der Waals surface area contributed by atoms with E-state index in [1.807, 2.05) is 30.3 Å². The molecule has 2 aliphatic rings. The van der Waals surface area contributed by atoms with Crippen LogP contribution in [-0.2, 0) is 14.4 Å². The molecule has 2 fully saturated rings. The molecule has 7 heteroatoms. The molecule has 0 spiro atoms. The number of amides is 2. The minimum Gasteiger partial charge on any atom is -0.493 e. The van der Waals surface area contributed by atoms with Crippen molar-refractivity contribution in [2.75, 3.05) is 26.2 Å². The summed E-state index contributed by atoms with van der Waals surface area (Å²) < 4.78 is 5.59. The van der Waals surface area contributed by atoms with E-state index in [0.717, 1.165) is 18.6 Å². The third-order valence-corrected chi connectivity index (χ3v) is 5.81. The van der Waals surface area contributed by atoms with Gasteiger partial charge in [-0.3, -0.25) is 14.4 Å². The predicted octanol–water partition coefficient (Wildman–Crippen LogP) is 2.02. The van der Waals surface area contributed by atoms with Crippen molar-refractivity contribution < 1.29 is 24.2 Å². The summed E-state index contributed by atoms with van der Waals surface area (Å²) in [6.45, 7) is 3.65. The SMILES string of the molecule is CC1C(C(=O)O)CCN1C(=O)C1CCCN(C(=O)CCOc2ccccc2)C1. The van der Waals surface area contributed by atoms with Gasteiger partial charge in [0.1, 0.15) is 5.75 Å². The fraction of sp³-hybridized carbons (Fsp3) is 0.571. The first-order valence-electron chi connectivity index (χ1n) is 9.96. The molecule has 3 unspecified atom stereocenters. The van der Waals surface area contributed by atoms with E-state index in [9.17, 15) is 19.5 Å². The summed E-state index contributed by atoms with van der Waals surface area (Å²) in [5.41, 5.74) is 0. The van der Waals surface area contributed by atoms with Crippen LogP contribution in [0.2, 0.25) is 0 Å². The normalized spacial score (nSPS) is 24.8. The van der Waals surface area contributed by atoms with Gasteiger partial charge in [0.2, 0.25) is 11.8 Å². The Morgan fingerprint density at radius 2 is 1.89 bits per heavy atom. The number of benzene rings is 1. The number of likely N-dealkylation sites (tertiary alicyclic amines) is 2. The van der Waals surface area contributed by atoms with Gasteiger partial charge >= 0.3 is 5.97 Å². The molecule has 2 aliphatic heterocycles. The van der Waals surface area contributed by atoms with Crippen molar-refractivity contribution in [2.45, 2.75) is 38.6 Å². The molecule has 2 amide bonds. The van der Waals surface area contributed by atoms with Crippen LogP contribution in [0, 0.1) is 11.8 Å². The highest BCUT2D eigenvalue weighted by atomic mass is 16.5. The van der Waals surface area contributed by atoms with Crippen LogP contribution in [0.5, 0.6) is 5.75 Å². The van der Waals surface area contributed by atoms with Crippen LogP contribution in [0.3, 0.4) is 0 Å². The first-order chi connectivity index (χ1) is 13.5. The van der Waals surface area contributed by atoms with Gasteiger partial charge in [-0.15, -0.1) is 0 Å². The van der Waals surface area contributed by atoms with Crippen LogP contribution in [0.4, 0.5) is 0 Å². The molecule has 1 aromatic carbocycles. The largest absolute Gasteiger partial charge is 0.493 e. The third-order valence-electron chi connectivity index (χ3n) is 5.81. The van der Waals surface area contributed by atoms with Crippen molar-refractivity contribution >= 4 is 17.8 Å². The maximum atomic E-state index is 12.9. The van der Waals surface area contributed by atoms with Crippen molar-refractivity contribution in [3.05, 3.63) is 30.3 Å². The number of aliphatic carboxylic acids is 1. The molecule has 0 bridgehead atoms. The van der Waals surface area contributed by atoms with Gasteiger partial charge in [-0.1, -0.05) is 18.2 Å². The van der Waals surface area contributed by atoms with Crippen LogP contribution >= 0.6 is 0 Å². The molecule has 2 saturated heterocycles. The molecule has 0 aliphatic carbocycles. The lowest BCUT2D eigenvalue weighted by Crippen LogP contribution is -2.48. The van der Waals surface area contributed by atoms with Crippen LogP contribution in [0.25, 0.3) is 0 Å². The van der Waals surface area contributed by atoms with Crippen molar-refractivity contribution in [1.82, 2.24) is 9.80 Å². The number of ether oxygens (including phenoxy) is 1. The van der Waals surface area contributed by atoms with Crippen LogP contribution in [0.1, 0.15) is 32.6 Å². The lowest BCUT2D eigenvalue weighted by molar-refractivity contribution is -0.144. The Labute approximate surface area is 165 Å². The van der Waals surface area contributed by atoms with E-state index in [1.54, 1.807) is 16.7 Å². The van der Waals surface area contributed by atoms with Gasteiger partial charge in [0.05, 0.1) is 24.9 Å². The summed E-state index contributed by atoms with van der Waals surface area (Å²) in [6.07, 6.45) is 2.29. The summed E-state index contributed by atoms with van der Waals surface area (Å²) in [5, 5.41) is 9.27. The van der Waals surface area contributed by atoms with Gasteiger partial charge in [0.25, 0.3) is 0 Å². The quantitative estimate of drug-likeness (QED) is 0.806. The molecule has 0 saturated carbocycles. The topological polar surface area (TPSA) is 87.2 Å². The number of piperidine rings is 1. The van der Waals surface area contributed by atoms with Crippen molar-refractivity contribution in [3.8, 4) is 5.75 Å². The molecule has 0 radical (unpaired) electrons. The minimum atomic E-state index is -0.846. The van der Waals surface area contributed by atoms with Gasteiger partial charge in [0, 0.05) is 25.7 Å². The Morgan fingerprint density at radius 3 is 2.57 bits per heavy atom. The van der Waals surface area contributed by atoms with E-state index < -0.39 is 11.9 Å². The highest BCUT2D eigenvalue weighted by Crippen LogP contribution is 2.28. The summed E-state index contributed by atoms with van der Waals surface area (Å²) in [4.78, 5) is 40.2. The van der Waals surface area contributed by atoms with E-state index in [-0.39, 0.29) is 30.2 Å². The molecule has 152 valence electrons. The molecule has 7 nitrogen and oxygen atoms in total. The summed E-state index contributed by atoms with van der Waals surface area (Å²) >= 11 is 0. The van der Waals surface area contributed by atoms with Gasteiger partial charge < -0.3 is 19.6 Å². The van der Waals surface area contributed by atoms with Crippen molar-refractivity contribution in [3.63, 3.8) is 0 Å². The Kier molecular flexibility index (Phi) is 6.54. The second kappa shape index (κ2) is 9.08. The average molecular weight is 388 g/mol. The number of carbonyl (C=O) groups excluding carboxylic acids is 2. The van der Waals surface area contributed by atoms with Crippen LogP contribution < -0.4 is 4.74 Å². The molecule has 3 rings (SSSR count). The number of nitrogens with zero attached hydrogens (tertiary/aromatic N) is 2. The van der Waals surface area contributed by atoms with E-state index in [2.05, 4.69) is 0 Å². The maximum Gasteiger partial charge on any atom is 0.308 e. The second-order valence-electron chi connectivity index (χ2n) is 7.60. The molecule has 1 N–H and O–H groups in total. The molecule has 1 aromatic rings. The standard InChI is InChI=1S/C21H28N2O5/c1-15-18(21(26)27)9-12-23(15)20(25)16-6-5-11-22(14-16)19(24)10-13-28-17-7-3-2-4-8-17/h2-4,7-8,15-16,18H,5-6,9-14H2,1H3,(H,26,27). The maximum absolute atomic E-state index is 12.9. The van der Waals surface area contributed by atoms with Gasteiger partial charge in [-0.25, -0.2) is 0 Å². The average Bonchev–Trinajstić information content (AvgIpc) is 3.10. The Morgan fingerprint density at radius 1 is 1.14 bits per heavy atom. The van der Waals surface area contributed by atoms with Gasteiger partial charge in [-0.2, -0.15) is 0 Å². The third kappa shape index (κ3) is 4.64. The number of hydrogen-bond donors (Lipinski definition) is 1. The van der Waals surface area contributed by atoms with Crippen LogP contribution in [0.15, 0.2) is 30.3 Å². The molecular formula is C21H28N2O5. The second-order valence-corrected chi connectivity index (χ2v) is 7.60. The number of hydrogen-bond acceptors (Lipinski definition) is 4. The lowest BCUT2D eigenvalue weighted by atomic mass is 9.95. The van der Waals surface area contributed by atoms with E-state index in [1.165, 1.54) is 0 Å². The van der Waals surface area contributed by atoms with Crippen molar-refractivity contribution in [2.24, 2.45) is 11.8 Å². The van der Waals surface area contributed by atoms with E-state index in [0.29, 0.717) is 32.7 Å². The Balaban J connectivity index is 1.50. The number of carboxylic acid groups (broad SMARTS) is 1. The summed E-state index contributed by atoms with van der Waals surface area (Å²) in [6, 6.07) is 9.07. The Bertz CT molecular complexity index is 708. The van der Waals surface area contributed by atoms with Crippen LogP contribution in [-0.4, -0.2) is 65.0 Å². The molecular weight excluding hydrogens is 360 g/mol. The fourth-order valence-corrected chi connectivity index (χ4v) is 4.15. The zero-order chi connectivity index (χ0) is 20.1. The van der Waals surface area contributed by atoms with Crippen molar-refractivity contribution in [1.29, 1.82) is 0 Å². The highest BCUT2D eigenvalue weighted by molar-refractivity contribution is 5.83. The van der Waals surface area contributed by atoms with Gasteiger partial charge in [0.15, 0.2) is 0 Å². The number of rotatable bonds is 6. The molecule has 2 heterocycles. The smallest absolute Gasteiger partial charge is 0.308 e. The number of para-hydroxylation sites is 1. The number of carbonyl (C=O) groups is 3. The minimum absolute atomic E-state index is 0.00804. The first kappa shape index (κ1) is 20.2. The Hall–Kier alpha value is -2.57.